The van der Waals surface area contributed by atoms with Gasteiger partial charge in [-0.1, -0.05) is 24.3 Å². The number of nitrogens with one attached hydrogen (secondary N) is 1. The molecule has 2 aromatic carbocycles. The van der Waals surface area contributed by atoms with Crippen LogP contribution in [-0.2, 0) is 19.8 Å². The molecule has 3 rings (SSSR count). The molecular formula is C23H24N2O5. The SMILES string of the molecule is CN(C)c1cccc(-c2ccc3c(c2)C(=O)C(C(=O)NCC(=O)O)C(=O)C3(C)C)c1. The summed E-state index contributed by atoms with van der Waals surface area (Å²) in [4.78, 5) is 51.3. The maximum Gasteiger partial charge on any atom is 0.322 e. The van der Waals surface area contributed by atoms with Crippen LogP contribution in [0.3, 0.4) is 0 Å². The second kappa shape index (κ2) is 7.74. The molecule has 0 saturated heterocycles. The summed E-state index contributed by atoms with van der Waals surface area (Å²) in [5.74, 6) is -4.84. The number of Topliss-reactive ketones (excluding diaryl/α,β-unsaturated/α-hetero) is 2. The first-order valence-electron chi connectivity index (χ1n) is 9.54. The summed E-state index contributed by atoms with van der Waals surface area (Å²) in [6, 6.07) is 13.1. The average Bonchev–Trinajstić information content (AvgIpc) is 2.71. The van der Waals surface area contributed by atoms with Crippen molar-refractivity contribution in [2.45, 2.75) is 19.3 Å². The lowest BCUT2D eigenvalue weighted by atomic mass is 9.66. The highest BCUT2D eigenvalue weighted by Crippen LogP contribution is 2.39. The van der Waals surface area contributed by atoms with E-state index in [1.165, 1.54) is 0 Å². The number of benzene rings is 2. The van der Waals surface area contributed by atoms with E-state index in [0.29, 0.717) is 11.1 Å². The zero-order valence-electron chi connectivity index (χ0n) is 17.4. The highest BCUT2D eigenvalue weighted by Gasteiger charge is 2.49. The Balaban J connectivity index is 2.06. The molecule has 7 nitrogen and oxygen atoms in total. The van der Waals surface area contributed by atoms with E-state index in [-0.39, 0.29) is 0 Å². The molecule has 0 spiro atoms. The maximum atomic E-state index is 13.1. The first kappa shape index (κ1) is 21.2. The summed E-state index contributed by atoms with van der Waals surface area (Å²) in [5, 5.41) is 11.0. The molecule has 0 radical (unpaired) electrons. The van der Waals surface area contributed by atoms with E-state index < -0.39 is 41.3 Å². The Morgan fingerprint density at radius 2 is 1.73 bits per heavy atom. The van der Waals surface area contributed by atoms with E-state index >= 15 is 0 Å². The molecule has 0 bridgehead atoms. The zero-order chi connectivity index (χ0) is 22.2. The first-order chi connectivity index (χ1) is 14.0. The van der Waals surface area contributed by atoms with E-state index in [0.717, 1.165) is 16.8 Å². The van der Waals surface area contributed by atoms with Gasteiger partial charge in [-0.25, -0.2) is 0 Å². The van der Waals surface area contributed by atoms with Crippen molar-refractivity contribution in [3.63, 3.8) is 0 Å². The third kappa shape index (κ3) is 3.70. The van der Waals surface area contributed by atoms with Crippen molar-refractivity contribution in [2.24, 2.45) is 5.92 Å². The van der Waals surface area contributed by atoms with Crippen LogP contribution < -0.4 is 10.2 Å². The molecule has 0 aliphatic heterocycles. The number of amides is 1. The minimum Gasteiger partial charge on any atom is -0.480 e. The van der Waals surface area contributed by atoms with Gasteiger partial charge in [-0.2, -0.15) is 0 Å². The van der Waals surface area contributed by atoms with Gasteiger partial charge in [0.2, 0.25) is 5.91 Å². The van der Waals surface area contributed by atoms with Crippen LogP contribution in [0.1, 0.15) is 29.8 Å². The smallest absolute Gasteiger partial charge is 0.322 e. The summed E-state index contributed by atoms with van der Waals surface area (Å²) >= 11 is 0. The van der Waals surface area contributed by atoms with Crippen LogP contribution >= 0.6 is 0 Å². The fraction of sp³-hybridized carbons (Fsp3) is 0.304. The summed E-state index contributed by atoms with van der Waals surface area (Å²) in [5.41, 5.74) is 2.51. The van der Waals surface area contributed by atoms with Crippen LogP contribution in [0, 0.1) is 5.92 Å². The van der Waals surface area contributed by atoms with E-state index in [1.807, 2.05) is 49.3 Å². The quantitative estimate of drug-likeness (QED) is 0.736. The Labute approximate surface area is 174 Å². The second-order valence-corrected chi connectivity index (χ2v) is 8.10. The fourth-order valence-electron chi connectivity index (χ4n) is 3.71. The fourth-order valence-corrected chi connectivity index (χ4v) is 3.71. The highest BCUT2D eigenvalue weighted by molar-refractivity contribution is 6.29. The normalized spacial score (nSPS) is 17.3. The molecule has 1 atom stereocenters. The van der Waals surface area contributed by atoms with Crippen molar-refractivity contribution >= 4 is 29.1 Å². The van der Waals surface area contributed by atoms with Crippen LogP contribution in [0.25, 0.3) is 11.1 Å². The molecule has 0 heterocycles. The van der Waals surface area contributed by atoms with Gasteiger partial charge in [-0.15, -0.1) is 0 Å². The van der Waals surface area contributed by atoms with Crippen molar-refractivity contribution < 1.29 is 24.3 Å². The van der Waals surface area contributed by atoms with E-state index in [1.54, 1.807) is 26.0 Å². The van der Waals surface area contributed by atoms with Gasteiger partial charge in [0.15, 0.2) is 17.5 Å². The summed E-state index contributed by atoms with van der Waals surface area (Å²) in [7, 11) is 3.87. The van der Waals surface area contributed by atoms with E-state index in [2.05, 4.69) is 5.32 Å². The molecule has 0 fully saturated rings. The highest BCUT2D eigenvalue weighted by atomic mass is 16.4. The second-order valence-electron chi connectivity index (χ2n) is 8.10. The largest absolute Gasteiger partial charge is 0.480 e. The monoisotopic (exact) mass is 408 g/mol. The van der Waals surface area contributed by atoms with Crippen molar-refractivity contribution in [1.82, 2.24) is 5.32 Å². The Morgan fingerprint density at radius 3 is 2.37 bits per heavy atom. The molecule has 2 N–H and O–H groups in total. The predicted octanol–water partition coefficient (Wildman–Crippen LogP) is 2.28. The zero-order valence-corrected chi connectivity index (χ0v) is 17.4. The number of hydrogen-bond donors (Lipinski definition) is 2. The lowest BCUT2D eigenvalue weighted by Gasteiger charge is -2.34. The number of anilines is 1. The number of carbonyl (C=O) groups is 4. The van der Waals surface area contributed by atoms with Gasteiger partial charge < -0.3 is 15.3 Å². The van der Waals surface area contributed by atoms with Gasteiger partial charge in [0.25, 0.3) is 0 Å². The van der Waals surface area contributed by atoms with Gasteiger partial charge in [0, 0.05) is 25.3 Å². The molecule has 1 aliphatic carbocycles. The molecule has 30 heavy (non-hydrogen) atoms. The molecule has 1 amide bonds. The van der Waals surface area contributed by atoms with Gasteiger partial charge in [-0.05, 0) is 48.7 Å². The Hall–Kier alpha value is -3.48. The van der Waals surface area contributed by atoms with Gasteiger partial charge in [0.1, 0.15) is 6.54 Å². The number of fused-ring (bicyclic) bond motifs is 1. The molecular weight excluding hydrogens is 384 g/mol. The Kier molecular flexibility index (Phi) is 5.48. The van der Waals surface area contributed by atoms with Gasteiger partial charge in [-0.3, -0.25) is 19.2 Å². The van der Waals surface area contributed by atoms with Crippen LogP contribution in [0.15, 0.2) is 42.5 Å². The predicted molar refractivity (Wildman–Crippen MR) is 113 cm³/mol. The third-order valence-electron chi connectivity index (χ3n) is 5.47. The van der Waals surface area contributed by atoms with Crippen molar-refractivity contribution in [3.8, 4) is 11.1 Å². The van der Waals surface area contributed by atoms with Crippen molar-refractivity contribution in [2.75, 3.05) is 25.5 Å². The number of nitrogens with zero attached hydrogens (tertiary/aromatic N) is 1. The summed E-state index contributed by atoms with van der Waals surface area (Å²) in [6.45, 7) is 2.69. The number of ketones is 2. The van der Waals surface area contributed by atoms with Crippen LogP contribution in [0.5, 0.6) is 0 Å². The summed E-state index contributed by atoms with van der Waals surface area (Å²) < 4.78 is 0. The van der Waals surface area contributed by atoms with Crippen LogP contribution in [0.2, 0.25) is 0 Å². The van der Waals surface area contributed by atoms with E-state index in [9.17, 15) is 19.2 Å². The summed E-state index contributed by atoms with van der Waals surface area (Å²) in [6.07, 6.45) is 0. The first-order valence-corrected chi connectivity index (χ1v) is 9.54. The van der Waals surface area contributed by atoms with Crippen LogP contribution in [-0.4, -0.2) is 49.2 Å². The molecule has 7 heteroatoms. The molecule has 1 unspecified atom stereocenters. The number of hydrogen-bond acceptors (Lipinski definition) is 5. The third-order valence-corrected chi connectivity index (χ3v) is 5.47. The van der Waals surface area contributed by atoms with Gasteiger partial charge >= 0.3 is 5.97 Å². The minimum absolute atomic E-state index is 0.308. The average molecular weight is 408 g/mol. The minimum atomic E-state index is -1.56. The topological polar surface area (TPSA) is 104 Å². The molecule has 2 aromatic rings. The number of aliphatic carboxylic acids is 1. The van der Waals surface area contributed by atoms with E-state index in [4.69, 9.17) is 5.11 Å². The number of rotatable bonds is 5. The molecule has 156 valence electrons. The van der Waals surface area contributed by atoms with Crippen molar-refractivity contribution in [3.05, 3.63) is 53.6 Å². The lowest BCUT2D eigenvalue weighted by molar-refractivity contribution is -0.140. The lowest BCUT2D eigenvalue weighted by Crippen LogP contribution is -2.51. The molecule has 1 aliphatic rings. The standard InChI is InChI=1S/C23H24N2O5/c1-23(2)17-9-8-14(13-6-5-7-15(10-13)25(3)4)11-16(17)20(28)19(21(23)29)22(30)24-12-18(26)27/h5-11,19H,12H2,1-4H3,(H,24,30)(H,26,27). The van der Waals surface area contributed by atoms with Gasteiger partial charge in [0.05, 0.1) is 5.41 Å². The number of carbonyl (C=O) groups excluding carboxylic acids is 3. The molecule has 0 aromatic heterocycles. The van der Waals surface area contributed by atoms with Crippen molar-refractivity contribution in [1.29, 1.82) is 0 Å². The van der Waals surface area contributed by atoms with Crippen LogP contribution in [0.4, 0.5) is 5.69 Å². The molecule has 0 saturated carbocycles. The Bertz CT molecular complexity index is 1060. The number of carboxylic acid groups (broad SMARTS) is 1. The Morgan fingerprint density at radius 1 is 1.07 bits per heavy atom. The maximum absolute atomic E-state index is 13.1. The number of carboxylic acids is 1.